The Morgan fingerprint density at radius 1 is 0.682 bits per heavy atom. The van der Waals surface area contributed by atoms with Gasteiger partial charge in [-0.2, -0.15) is 8.78 Å². The second kappa shape index (κ2) is 11.8. The lowest BCUT2D eigenvalue weighted by Gasteiger charge is -2.29. The van der Waals surface area contributed by atoms with Crippen molar-refractivity contribution in [3.63, 3.8) is 0 Å². The lowest BCUT2D eigenvalue weighted by molar-refractivity contribution is -0.221. The van der Waals surface area contributed by atoms with Gasteiger partial charge in [-0.1, -0.05) is 79.9 Å². The molecule has 0 spiro atoms. The van der Waals surface area contributed by atoms with E-state index >= 15 is 0 Å². The minimum absolute atomic E-state index is 0.0129. The smallest absolute Gasteiger partial charge is 0.400 e. The van der Waals surface area contributed by atoms with Gasteiger partial charge in [0.1, 0.15) is 30.5 Å². The summed E-state index contributed by atoms with van der Waals surface area (Å²) in [7, 11) is 0. The van der Waals surface area contributed by atoms with Crippen LogP contribution < -0.4 is 14.2 Å². The first kappa shape index (κ1) is 28.1. The maximum atomic E-state index is 14.7. The second-order valence-corrected chi connectivity index (χ2v) is 11.5. The highest BCUT2D eigenvalue weighted by Crippen LogP contribution is 2.46. The number of esters is 1. The molecule has 1 heterocycles. The first-order valence-corrected chi connectivity index (χ1v) is 15.1. The van der Waals surface area contributed by atoms with E-state index < -0.39 is 24.1 Å². The molecule has 5 aromatic rings. The lowest BCUT2D eigenvalue weighted by Crippen LogP contribution is -2.36. The maximum Gasteiger partial charge on any atom is 0.400 e. The van der Waals surface area contributed by atoms with Crippen LogP contribution in [-0.4, -0.2) is 31.4 Å². The monoisotopic (exact) mass is 594 g/mol. The number of carbonyl (C=O) groups is 1. The average molecular weight is 595 g/mol. The lowest BCUT2D eigenvalue weighted by atomic mass is 9.88. The number of hydrogen-bond acceptors (Lipinski definition) is 5. The summed E-state index contributed by atoms with van der Waals surface area (Å²) in [6.07, 6.45) is -0.536. The zero-order valence-electron chi connectivity index (χ0n) is 24.1. The highest BCUT2D eigenvalue weighted by molar-refractivity contribution is 6.09. The minimum atomic E-state index is -3.25. The first-order chi connectivity index (χ1) is 21.5. The molecule has 5 nitrogen and oxygen atoms in total. The summed E-state index contributed by atoms with van der Waals surface area (Å²) in [4.78, 5) is 13.2. The van der Waals surface area contributed by atoms with Gasteiger partial charge in [0.25, 0.3) is 0 Å². The van der Waals surface area contributed by atoms with Crippen molar-refractivity contribution < 1.29 is 32.5 Å². The molecular formula is C37H32F2O5. The van der Waals surface area contributed by atoms with Crippen molar-refractivity contribution in [1.82, 2.24) is 0 Å². The Bertz CT molecular complexity index is 1720. The Balaban J connectivity index is 1.14. The van der Waals surface area contributed by atoms with Gasteiger partial charge in [0.2, 0.25) is 0 Å². The van der Waals surface area contributed by atoms with E-state index in [1.54, 1.807) is 0 Å². The molecular weight excluding hydrogens is 562 g/mol. The Morgan fingerprint density at radius 3 is 1.80 bits per heavy atom. The van der Waals surface area contributed by atoms with Crippen LogP contribution in [0.4, 0.5) is 8.78 Å². The third kappa shape index (κ3) is 5.54. The number of rotatable bonds is 5. The van der Waals surface area contributed by atoms with Gasteiger partial charge in [-0.25, -0.2) is 4.79 Å². The van der Waals surface area contributed by atoms with Crippen molar-refractivity contribution in [2.75, 3.05) is 13.2 Å². The van der Waals surface area contributed by atoms with Crippen molar-refractivity contribution in [3.05, 3.63) is 103 Å². The third-order valence-electron chi connectivity index (χ3n) is 8.58. The number of ether oxygens (including phenoxy) is 4. The van der Waals surface area contributed by atoms with Gasteiger partial charge in [-0.05, 0) is 70.8 Å². The van der Waals surface area contributed by atoms with Gasteiger partial charge in [-0.3, -0.25) is 0 Å². The first-order valence-electron chi connectivity index (χ1n) is 15.1. The van der Waals surface area contributed by atoms with Gasteiger partial charge in [-0.15, -0.1) is 0 Å². The van der Waals surface area contributed by atoms with Crippen LogP contribution >= 0.6 is 0 Å². The predicted octanol–water partition coefficient (Wildman–Crippen LogP) is 9.21. The molecule has 5 aromatic carbocycles. The van der Waals surface area contributed by atoms with E-state index in [1.165, 1.54) is 24.3 Å². The summed E-state index contributed by atoms with van der Waals surface area (Å²) in [6.45, 7) is 0.135. The minimum Gasteiger partial charge on any atom is -0.489 e. The molecule has 0 bridgehead atoms. The fraction of sp³-hybridized carbons (Fsp3) is 0.270. The van der Waals surface area contributed by atoms with Crippen molar-refractivity contribution in [2.45, 2.75) is 44.3 Å². The van der Waals surface area contributed by atoms with E-state index in [-0.39, 0.29) is 24.5 Å². The van der Waals surface area contributed by atoms with Crippen LogP contribution in [-0.2, 0) is 4.74 Å². The summed E-state index contributed by atoms with van der Waals surface area (Å²) in [5.41, 5.74) is 2.06. The fourth-order valence-electron chi connectivity index (χ4n) is 6.30. The van der Waals surface area contributed by atoms with E-state index in [4.69, 9.17) is 18.9 Å². The fourth-order valence-corrected chi connectivity index (χ4v) is 6.30. The molecule has 0 unspecified atom stereocenters. The van der Waals surface area contributed by atoms with Crippen molar-refractivity contribution in [1.29, 1.82) is 0 Å². The molecule has 1 fully saturated rings. The quantitative estimate of drug-likeness (QED) is 0.190. The normalized spacial score (nSPS) is 16.0. The number of hydrogen-bond donors (Lipinski definition) is 0. The SMILES string of the molecule is O=C(OC1COc2ccc3ccccc3c2-c2c(ccc3ccccc23)OC1)c1ccc(OC(F)(F)C2CCCCC2)cc1. The summed E-state index contributed by atoms with van der Waals surface area (Å²) >= 11 is 0. The molecule has 0 radical (unpaired) electrons. The Hall–Kier alpha value is -4.65. The zero-order chi connectivity index (χ0) is 30.1. The van der Waals surface area contributed by atoms with E-state index in [1.807, 2.05) is 48.5 Å². The number of benzene rings is 5. The van der Waals surface area contributed by atoms with Crippen LogP contribution in [0.25, 0.3) is 32.7 Å². The molecule has 2 aliphatic rings. The standard InChI is InChI=1S/C37H32F2O5/c38-37(39,27-10-2-1-3-11-27)44-28-18-14-26(15-19-28)36(40)43-29-22-41-32-20-16-24-8-4-6-12-30(24)34(32)35-31-13-7-5-9-25(31)17-21-33(35)42-23-29/h4-9,12-21,27,29H,1-3,10-11,22-23H2. The molecule has 0 aromatic heterocycles. The summed E-state index contributed by atoms with van der Waals surface area (Å²) in [5, 5.41) is 4.19. The molecule has 7 heteroatoms. The summed E-state index contributed by atoms with van der Waals surface area (Å²) in [5.74, 6) is -0.0690. The van der Waals surface area contributed by atoms with E-state index in [9.17, 15) is 13.6 Å². The van der Waals surface area contributed by atoms with Crippen LogP contribution in [0.15, 0.2) is 97.1 Å². The molecule has 224 valence electrons. The molecule has 0 saturated heterocycles. The van der Waals surface area contributed by atoms with Gasteiger partial charge in [0.15, 0.2) is 6.10 Å². The van der Waals surface area contributed by atoms with Gasteiger partial charge >= 0.3 is 12.1 Å². The summed E-state index contributed by atoms with van der Waals surface area (Å²) in [6, 6.07) is 29.8. The van der Waals surface area contributed by atoms with Crippen LogP contribution in [0.5, 0.6) is 17.2 Å². The van der Waals surface area contributed by atoms with E-state index in [2.05, 4.69) is 24.3 Å². The zero-order valence-corrected chi connectivity index (χ0v) is 24.1. The highest BCUT2D eigenvalue weighted by Gasteiger charge is 2.42. The Kier molecular flexibility index (Phi) is 7.54. The van der Waals surface area contributed by atoms with Gasteiger partial charge in [0, 0.05) is 11.1 Å². The molecule has 1 saturated carbocycles. The molecule has 1 aliphatic heterocycles. The Labute approximate surface area is 254 Å². The largest absolute Gasteiger partial charge is 0.489 e. The molecule has 1 aliphatic carbocycles. The molecule has 0 atom stereocenters. The number of halogens is 2. The van der Waals surface area contributed by atoms with Crippen LogP contribution in [0, 0.1) is 5.92 Å². The van der Waals surface area contributed by atoms with Crippen LogP contribution in [0.3, 0.4) is 0 Å². The maximum absolute atomic E-state index is 14.7. The molecule has 0 N–H and O–H groups in total. The third-order valence-corrected chi connectivity index (χ3v) is 8.58. The number of alkyl halides is 2. The highest BCUT2D eigenvalue weighted by atomic mass is 19.3. The number of carbonyl (C=O) groups excluding carboxylic acids is 1. The molecule has 7 rings (SSSR count). The average Bonchev–Trinajstić information content (AvgIpc) is 3.13. The van der Waals surface area contributed by atoms with Gasteiger partial charge < -0.3 is 18.9 Å². The summed E-state index contributed by atoms with van der Waals surface area (Å²) < 4.78 is 53.0. The Morgan fingerprint density at radius 2 is 1.23 bits per heavy atom. The van der Waals surface area contributed by atoms with Gasteiger partial charge in [0.05, 0.1) is 11.5 Å². The predicted molar refractivity (Wildman–Crippen MR) is 166 cm³/mol. The van der Waals surface area contributed by atoms with Crippen LogP contribution in [0.1, 0.15) is 42.5 Å². The van der Waals surface area contributed by atoms with Crippen molar-refractivity contribution >= 4 is 27.5 Å². The number of fused-ring (bicyclic) bond motifs is 7. The molecule has 0 amide bonds. The van der Waals surface area contributed by atoms with Crippen LogP contribution in [0.2, 0.25) is 0 Å². The second-order valence-electron chi connectivity index (χ2n) is 11.5. The van der Waals surface area contributed by atoms with E-state index in [0.29, 0.717) is 24.3 Å². The molecule has 44 heavy (non-hydrogen) atoms. The topological polar surface area (TPSA) is 54.0 Å². The van der Waals surface area contributed by atoms with Crippen molar-refractivity contribution in [2.24, 2.45) is 5.92 Å². The van der Waals surface area contributed by atoms with Crippen molar-refractivity contribution in [3.8, 4) is 28.4 Å². The van der Waals surface area contributed by atoms with E-state index in [0.717, 1.165) is 51.9 Å².